The van der Waals surface area contributed by atoms with Crippen LogP contribution in [0.4, 0.5) is 13.2 Å². The number of rotatable bonds is 6. The van der Waals surface area contributed by atoms with Crippen molar-refractivity contribution in [2.45, 2.75) is 38.5 Å². The Morgan fingerprint density at radius 2 is 1.79 bits per heavy atom. The van der Waals surface area contributed by atoms with Gasteiger partial charge in [-0.25, -0.2) is 8.78 Å². The molecule has 1 aliphatic rings. The van der Waals surface area contributed by atoms with Crippen molar-refractivity contribution < 1.29 is 17.9 Å². The Labute approximate surface area is 164 Å². The molecular weight excluding hydrogens is 361 g/mol. The summed E-state index contributed by atoms with van der Waals surface area (Å²) in [4.78, 5) is 0. The Hall–Kier alpha value is -2.49. The van der Waals surface area contributed by atoms with Crippen LogP contribution < -0.4 is 4.74 Å². The van der Waals surface area contributed by atoms with Gasteiger partial charge in [0.05, 0.1) is 6.61 Å². The fourth-order valence-electron chi connectivity index (χ4n) is 3.80. The highest BCUT2D eigenvalue weighted by Gasteiger charge is 2.25. The molecule has 28 heavy (non-hydrogen) atoms. The zero-order valence-corrected chi connectivity index (χ0v) is 16.1. The van der Waals surface area contributed by atoms with Gasteiger partial charge >= 0.3 is 0 Å². The average Bonchev–Trinajstić information content (AvgIpc) is 2.71. The first-order chi connectivity index (χ1) is 13.5. The minimum atomic E-state index is -0.903. The van der Waals surface area contributed by atoms with Gasteiger partial charge in [-0.15, -0.1) is 0 Å². The summed E-state index contributed by atoms with van der Waals surface area (Å²) < 4.78 is 47.7. The SMILES string of the molecule is C=Cc1ccc(/C=C/C2CCC(c3ccc(OCC)c(F)c3F)CC2)c(F)c1. The van der Waals surface area contributed by atoms with Crippen LogP contribution in [0.2, 0.25) is 0 Å². The van der Waals surface area contributed by atoms with Crippen LogP contribution in [-0.2, 0) is 0 Å². The quantitative estimate of drug-likeness (QED) is 0.513. The fraction of sp³-hybridized carbons (Fsp3) is 0.333. The van der Waals surface area contributed by atoms with Crippen LogP contribution in [0.5, 0.6) is 5.75 Å². The standard InChI is InChI=1S/C24H25F3O/c1-3-16-5-11-19(21(25)15-16)12-8-17-6-9-18(10-7-17)20-13-14-22(28-4-2)24(27)23(20)26/h3,5,8,11-15,17-18H,1,4,6-7,9-10H2,2H3/b12-8+. The monoisotopic (exact) mass is 386 g/mol. The number of hydrogen-bond acceptors (Lipinski definition) is 1. The molecule has 148 valence electrons. The lowest BCUT2D eigenvalue weighted by Crippen LogP contribution is -2.14. The normalized spacial score (nSPS) is 19.7. The van der Waals surface area contributed by atoms with Gasteiger partial charge in [0, 0.05) is 5.56 Å². The minimum absolute atomic E-state index is 0.00145. The third-order valence-corrected chi connectivity index (χ3v) is 5.40. The minimum Gasteiger partial charge on any atom is -0.491 e. The summed E-state index contributed by atoms with van der Waals surface area (Å²) >= 11 is 0. The zero-order valence-electron chi connectivity index (χ0n) is 16.1. The summed E-state index contributed by atoms with van der Waals surface area (Å²) in [6.45, 7) is 5.67. The highest BCUT2D eigenvalue weighted by Crippen LogP contribution is 2.39. The summed E-state index contributed by atoms with van der Waals surface area (Å²) in [5, 5.41) is 0. The van der Waals surface area contributed by atoms with E-state index < -0.39 is 11.6 Å². The van der Waals surface area contributed by atoms with Crippen molar-refractivity contribution in [1.29, 1.82) is 0 Å². The topological polar surface area (TPSA) is 9.23 Å². The highest BCUT2D eigenvalue weighted by molar-refractivity contribution is 5.55. The van der Waals surface area contributed by atoms with E-state index in [1.807, 2.05) is 18.2 Å². The van der Waals surface area contributed by atoms with Gasteiger partial charge < -0.3 is 4.74 Å². The van der Waals surface area contributed by atoms with Gasteiger partial charge in [-0.05, 0) is 67.7 Å². The molecule has 0 unspecified atom stereocenters. The summed E-state index contributed by atoms with van der Waals surface area (Å²) in [5.41, 5.74) is 1.72. The molecule has 0 bridgehead atoms. The van der Waals surface area contributed by atoms with Crippen molar-refractivity contribution in [3.63, 3.8) is 0 Å². The number of ether oxygens (including phenoxy) is 1. The molecule has 1 nitrogen and oxygen atoms in total. The zero-order chi connectivity index (χ0) is 20.1. The number of halogens is 3. The predicted octanol–water partition coefficient (Wildman–Crippen LogP) is 7.13. The van der Waals surface area contributed by atoms with Crippen LogP contribution in [0.1, 0.15) is 55.2 Å². The van der Waals surface area contributed by atoms with Gasteiger partial charge in [0.25, 0.3) is 0 Å². The molecule has 0 saturated heterocycles. The van der Waals surface area contributed by atoms with Gasteiger partial charge in [0.1, 0.15) is 5.82 Å². The lowest BCUT2D eigenvalue weighted by Gasteiger charge is -2.27. The molecule has 1 saturated carbocycles. The molecule has 0 heterocycles. The molecule has 0 amide bonds. The van der Waals surface area contributed by atoms with Crippen molar-refractivity contribution in [2.75, 3.05) is 6.61 Å². The maximum absolute atomic E-state index is 14.4. The second kappa shape index (κ2) is 9.13. The van der Waals surface area contributed by atoms with Crippen LogP contribution >= 0.6 is 0 Å². The summed E-state index contributed by atoms with van der Waals surface area (Å²) in [6.07, 6.45) is 8.72. The van der Waals surface area contributed by atoms with Crippen LogP contribution in [0.15, 0.2) is 43.0 Å². The molecule has 4 heteroatoms. The molecule has 1 aliphatic carbocycles. The first kappa shape index (κ1) is 20.2. The molecule has 3 rings (SSSR count). The van der Waals surface area contributed by atoms with E-state index in [2.05, 4.69) is 6.58 Å². The van der Waals surface area contributed by atoms with E-state index in [1.54, 1.807) is 25.1 Å². The van der Waals surface area contributed by atoms with Gasteiger partial charge in [0.15, 0.2) is 11.6 Å². The van der Waals surface area contributed by atoms with Crippen LogP contribution in [0, 0.1) is 23.4 Å². The maximum atomic E-state index is 14.4. The van der Waals surface area contributed by atoms with Gasteiger partial charge in [0.2, 0.25) is 5.82 Å². The molecule has 0 radical (unpaired) electrons. The van der Waals surface area contributed by atoms with E-state index in [0.717, 1.165) is 31.2 Å². The number of hydrogen-bond donors (Lipinski definition) is 0. The lowest BCUT2D eigenvalue weighted by molar-refractivity contribution is 0.310. The summed E-state index contributed by atoms with van der Waals surface area (Å²) in [5.74, 6) is -1.70. The van der Waals surface area contributed by atoms with Crippen molar-refractivity contribution in [3.8, 4) is 5.75 Å². The smallest absolute Gasteiger partial charge is 0.200 e. The predicted molar refractivity (Wildman–Crippen MR) is 108 cm³/mol. The van der Waals surface area contributed by atoms with Crippen molar-refractivity contribution in [2.24, 2.45) is 5.92 Å². The average molecular weight is 386 g/mol. The van der Waals surface area contributed by atoms with E-state index in [-0.39, 0.29) is 17.5 Å². The molecule has 0 aliphatic heterocycles. The van der Waals surface area contributed by atoms with Gasteiger partial charge in [-0.1, -0.05) is 43.0 Å². The molecule has 2 aromatic carbocycles. The highest BCUT2D eigenvalue weighted by atomic mass is 19.2. The maximum Gasteiger partial charge on any atom is 0.200 e. The first-order valence-electron chi connectivity index (χ1n) is 9.74. The fourth-order valence-corrected chi connectivity index (χ4v) is 3.80. The van der Waals surface area contributed by atoms with E-state index in [1.165, 1.54) is 12.1 Å². The third kappa shape index (κ3) is 4.49. The molecule has 0 N–H and O–H groups in total. The molecular formula is C24H25F3O. The largest absolute Gasteiger partial charge is 0.491 e. The van der Waals surface area contributed by atoms with Crippen molar-refractivity contribution >= 4 is 12.2 Å². The molecule has 0 aromatic heterocycles. The second-order valence-corrected chi connectivity index (χ2v) is 7.17. The van der Waals surface area contributed by atoms with Crippen LogP contribution in [0.25, 0.3) is 12.2 Å². The Bertz CT molecular complexity index is 864. The Morgan fingerprint density at radius 1 is 1.04 bits per heavy atom. The Balaban J connectivity index is 1.63. The van der Waals surface area contributed by atoms with Crippen molar-refractivity contribution in [1.82, 2.24) is 0 Å². The summed E-state index contributed by atoms with van der Waals surface area (Å²) in [7, 11) is 0. The second-order valence-electron chi connectivity index (χ2n) is 7.17. The van der Waals surface area contributed by atoms with Crippen LogP contribution in [0.3, 0.4) is 0 Å². The third-order valence-electron chi connectivity index (χ3n) is 5.40. The van der Waals surface area contributed by atoms with E-state index in [4.69, 9.17) is 4.74 Å². The molecule has 1 fully saturated rings. The summed E-state index contributed by atoms with van der Waals surface area (Å²) in [6, 6.07) is 8.19. The molecule has 2 aromatic rings. The molecule has 0 atom stereocenters. The van der Waals surface area contributed by atoms with E-state index in [9.17, 15) is 13.2 Å². The molecule has 0 spiro atoms. The lowest BCUT2D eigenvalue weighted by atomic mass is 9.78. The Kier molecular flexibility index (Phi) is 6.61. The van der Waals surface area contributed by atoms with E-state index >= 15 is 0 Å². The first-order valence-corrected chi connectivity index (χ1v) is 9.74. The van der Waals surface area contributed by atoms with E-state index in [0.29, 0.717) is 23.7 Å². The van der Waals surface area contributed by atoms with Gasteiger partial charge in [-0.2, -0.15) is 4.39 Å². The van der Waals surface area contributed by atoms with Crippen molar-refractivity contribution in [3.05, 3.63) is 77.1 Å². The van der Waals surface area contributed by atoms with Crippen LogP contribution in [-0.4, -0.2) is 6.61 Å². The number of benzene rings is 2. The Morgan fingerprint density at radius 3 is 2.43 bits per heavy atom. The number of allylic oxidation sites excluding steroid dienone is 1. The van der Waals surface area contributed by atoms with Gasteiger partial charge in [-0.3, -0.25) is 0 Å².